The van der Waals surface area contributed by atoms with Gasteiger partial charge in [0.15, 0.2) is 11.4 Å². The molecule has 0 spiro atoms. The molecule has 0 saturated heterocycles. The molecule has 0 bridgehead atoms. The Bertz CT molecular complexity index is 1770. The molecule has 0 aliphatic carbocycles. The minimum Gasteiger partial charge on any atom is -0.420 e. The second-order valence-corrected chi connectivity index (χ2v) is 10.1. The van der Waals surface area contributed by atoms with Crippen molar-refractivity contribution in [3.05, 3.63) is 95.7 Å². The number of hydrogen-bond donors (Lipinski definition) is 0. The quantitative estimate of drug-likeness (QED) is 0.245. The third-order valence-corrected chi connectivity index (χ3v) is 6.58. The Morgan fingerprint density at radius 3 is 2.24 bits per heavy atom. The first kappa shape index (κ1) is 23.0. The fourth-order valence-electron chi connectivity index (χ4n) is 4.76. The number of benzene rings is 3. The molecule has 3 aromatic carbocycles. The van der Waals surface area contributed by atoms with Gasteiger partial charge in [-0.2, -0.15) is 0 Å². The Balaban J connectivity index is 1.64. The van der Waals surface area contributed by atoms with Crippen molar-refractivity contribution >= 4 is 33.7 Å². The summed E-state index contributed by atoms with van der Waals surface area (Å²) in [5.74, 6) is 1.23. The van der Waals surface area contributed by atoms with Gasteiger partial charge in [-0.3, -0.25) is 4.40 Å². The number of carbonyl (C=O) groups excluding carboxylic acids is 1. The molecule has 0 saturated carbocycles. The number of fused-ring (bicyclic) bond motifs is 5. The molecule has 0 N–H and O–H groups in total. The van der Waals surface area contributed by atoms with Crippen LogP contribution in [0.25, 0.3) is 39.1 Å². The van der Waals surface area contributed by atoms with Crippen molar-refractivity contribution in [1.82, 2.24) is 18.9 Å². The van der Waals surface area contributed by atoms with E-state index in [0.717, 1.165) is 51.2 Å². The Hall–Kier alpha value is -4.45. The molecule has 37 heavy (non-hydrogen) atoms. The number of ether oxygens (including phenoxy) is 1. The van der Waals surface area contributed by atoms with Crippen molar-refractivity contribution in [1.29, 1.82) is 0 Å². The standard InChI is InChI=1S/C31H28N4O2/c1-19(2)17-34-18-26(37-31(36)23-15-11-21(4)12-16-23)27-29(34)33-28(22-13-9-20(3)10-14-22)35-25-8-6-5-7-24(25)32-30(27)35/h5-16,18-19H,17H2,1-4H3. The summed E-state index contributed by atoms with van der Waals surface area (Å²) in [5.41, 5.74) is 7.05. The Morgan fingerprint density at radius 2 is 1.54 bits per heavy atom. The molecule has 184 valence electrons. The van der Waals surface area contributed by atoms with Gasteiger partial charge in [-0.15, -0.1) is 0 Å². The minimum atomic E-state index is -0.402. The molecule has 6 aromatic rings. The van der Waals surface area contributed by atoms with Crippen LogP contribution in [0.2, 0.25) is 0 Å². The monoisotopic (exact) mass is 488 g/mol. The van der Waals surface area contributed by atoms with E-state index in [4.69, 9.17) is 14.7 Å². The molecular weight excluding hydrogens is 460 g/mol. The van der Waals surface area contributed by atoms with Gasteiger partial charge in [-0.25, -0.2) is 14.8 Å². The number of aromatic nitrogens is 4. The molecule has 6 rings (SSSR count). The van der Waals surface area contributed by atoms with Crippen LogP contribution in [0.1, 0.15) is 35.3 Å². The van der Waals surface area contributed by atoms with Crippen LogP contribution in [0.4, 0.5) is 0 Å². The smallest absolute Gasteiger partial charge is 0.343 e. The largest absolute Gasteiger partial charge is 0.420 e. The molecule has 0 fully saturated rings. The molecule has 0 unspecified atom stereocenters. The van der Waals surface area contributed by atoms with E-state index in [1.807, 2.05) is 49.5 Å². The van der Waals surface area contributed by atoms with Gasteiger partial charge < -0.3 is 9.30 Å². The fourth-order valence-corrected chi connectivity index (χ4v) is 4.76. The maximum atomic E-state index is 13.1. The van der Waals surface area contributed by atoms with Crippen molar-refractivity contribution in [2.24, 2.45) is 5.92 Å². The van der Waals surface area contributed by atoms with Crippen LogP contribution in [-0.2, 0) is 6.54 Å². The van der Waals surface area contributed by atoms with E-state index in [-0.39, 0.29) is 0 Å². The summed E-state index contributed by atoms with van der Waals surface area (Å²) in [6.45, 7) is 9.12. The molecule has 0 radical (unpaired) electrons. The molecule has 0 amide bonds. The van der Waals surface area contributed by atoms with E-state index in [9.17, 15) is 4.79 Å². The highest BCUT2D eigenvalue weighted by molar-refractivity contribution is 6.03. The van der Waals surface area contributed by atoms with E-state index in [1.54, 1.807) is 12.1 Å². The zero-order valence-electron chi connectivity index (χ0n) is 21.4. The van der Waals surface area contributed by atoms with Crippen molar-refractivity contribution < 1.29 is 9.53 Å². The highest BCUT2D eigenvalue weighted by atomic mass is 16.5. The zero-order valence-corrected chi connectivity index (χ0v) is 21.4. The predicted molar refractivity (Wildman–Crippen MR) is 147 cm³/mol. The number of nitrogens with zero attached hydrogens (tertiary/aromatic N) is 4. The summed E-state index contributed by atoms with van der Waals surface area (Å²) in [5, 5.41) is 0.730. The lowest BCUT2D eigenvalue weighted by atomic mass is 10.1. The molecule has 0 atom stereocenters. The van der Waals surface area contributed by atoms with Crippen LogP contribution >= 0.6 is 0 Å². The van der Waals surface area contributed by atoms with Gasteiger partial charge in [0.25, 0.3) is 0 Å². The van der Waals surface area contributed by atoms with Crippen LogP contribution in [0.3, 0.4) is 0 Å². The number of aryl methyl sites for hydroxylation is 2. The van der Waals surface area contributed by atoms with E-state index in [0.29, 0.717) is 17.2 Å². The van der Waals surface area contributed by atoms with Crippen molar-refractivity contribution in [3.63, 3.8) is 0 Å². The maximum Gasteiger partial charge on any atom is 0.343 e. The molecular formula is C31H28N4O2. The van der Waals surface area contributed by atoms with Gasteiger partial charge in [-0.05, 0) is 44.0 Å². The Morgan fingerprint density at radius 1 is 0.865 bits per heavy atom. The lowest BCUT2D eigenvalue weighted by Crippen LogP contribution is -2.08. The molecule has 0 aliphatic rings. The summed E-state index contributed by atoms with van der Waals surface area (Å²) in [4.78, 5) is 23.3. The fraction of sp³-hybridized carbons (Fsp3) is 0.194. The molecule has 3 heterocycles. The minimum absolute atomic E-state index is 0.371. The molecule has 6 nitrogen and oxygen atoms in total. The van der Waals surface area contributed by atoms with Crippen LogP contribution < -0.4 is 4.74 Å². The average Bonchev–Trinajstić information content (AvgIpc) is 3.42. The van der Waals surface area contributed by atoms with Gasteiger partial charge in [0.05, 0.1) is 16.6 Å². The van der Waals surface area contributed by atoms with Crippen LogP contribution in [0.5, 0.6) is 5.75 Å². The number of hydrogen-bond acceptors (Lipinski definition) is 4. The number of imidazole rings is 1. The van der Waals surface area contributed by atoms with Gasteiger partial charge in [0, 0.05) is 18.3 Å². The summed E-state index contributed by atoms with van der Waals surface area (Å²) in [6.07, 6.45) is 1.89. The summed E-state index contributed by atoms with van der Waals surface area (Å²) >= 11 is 0. The van der Waals surface area contributed by atoms with Gasteiger partial charge in [0.1, 0.15) is 16.9 Å². The van der Waals surface area contributed by atoms with Crippen LogP contribution in [0, 0.1) is 19.8 Å². The number of rotatable bonds is 5. The Kier molecular flexibility index (Phi) is 5.52. The highest BCUT2D eigenvalue weighted by Crippen LogP contribution is 2.36. The van der Waals surface area contributed by atoms with Crippen LogP contribution in [0.15, 0.2) is 79.0 Å². The van der Waals surface area contributed by atoms with E-state index < -0.39 is 5.97 Å². The lowest BCUT2D eigenvalue weighted by Gasteiger charge is -2.11. The number of para-hydroxylation sites is 2. The van der Waals surface area contributed by atoms with Gasteiger partial charge in [-0.1, -0.05) is 73.5 Å². The zero-order chi connectivity index (χ0) is 25.7. The third-order valence-electron chi connectivity index (χ3n) is 6.58. The lowest BCUT2D eigenvalue weighted by molar-refractivity contribution is 0.0737. The SMILES string of the molecule is Cc1ccc(C(=O)Oc2cn(CC(C)C)c3nc(-c4ccc(C)cc4)n4c5ccccc5nc4c23)cc1. The summed E-state index contributed by atoms with van der Waals surface area (Å²) in [7, 11) is 0. The average molecular weight is 489 g/mol. The molecule has 3 aromatic heterocycles. The first-order chi connectivity index (χ1) is 17.9. The van der Waals surface area contributed by atoms with Crippen LogP contribution in [-0.4, -0.2) is 24.9 Å². The Labute approximate surface area is 215 Å². The molecule has 0 aliphatic heterocycles. The van der Waals surface area contributed by atoms with E-state index in [2.05, 4.69) is 54.0 Å². The molecule has 6 heteroatoms. The number of carbonyl (C=O) groups is 1. The second-order valence-electron chi connectivity index (χ2n) is 10.1. The second kappa shape index (κ2) is 8.89. The first-order valence-corrected chi connectivity index (χ1v) is 12.5. The predicted octanol–water partition coefficient (Wildman–Crippen LogP) is 7.00. The summed E-state index contributed by atoms with van der Waals surface area (Å²) < 4.78 is 10.2. The van der Waals surface area contributed by atoms with E-state index >= 15 is 0 Å². The van der Waals surface area contributed by atoms with Gasteiger partial charge in [0.2, 0.25) is 0 Å². The van der Waals surface area contributed by atoms with Crippen molar-refractivity contribution in [2.75, 3.05) is 0 Å². The maximum absolute atomic E-state index is 13.1. The number of esters is 1. The third kappa shape index (κ3) is 4.04. The van der Waals surface area contributed by atoms with Crippen molar-refractivity contribution in [3.8, 4) is 17.1 Å². The van der Waals surface area contributed by atoms with E-state index in [1.165, 1.54) is 5.56 Å². The van der Waals surface area contributed by atoms with Crippen molar-refractivity contribution in [2.45, 2.75) is 34.2 Å². The summed E-state index contributed by atoms with van der Waals surface area (Å²) in [6, 6.07) is 23.8. The highest BCUT2D eigenvalue weighted by Gasteiger charge is 2.24. The van der Waals surface area contributed by atoms with Gasteiger partial charge >= 0.3 is 5.97 Å². The normalized spacial score (nSPS) is 11.7. The first-order valence-electron chi connectivity index (χ1n) is 12.5. The topological polar surface area (TPSA) is 61.4 Å².